The zero-order valence-electron chi connectivity index (χ0n) is 7.08. The highest BCUT2D eigenvalue weighted by Crippen LogP contribution is 2.16. The number of halogens is 2. The number of hydrogen-bond donors (Lipinski definition) is 1. The molecular formula is C9H7BrClNO2. The van der Waals surface area contributed by atoms with Gasteiger partial charge in [0.05, 0.1) is 5.02 Å². The van der Waals surface area contributed by atoms with Crippen molar-refractivity contribution in [3.8, 4) is 0 Å². The fourth-order valence-corrected chi connectivity index (χ4v) is 1.32. The van der Waals surface area contributed by atoms with E-state index in [1.165, 1.54) is 6.20 Å². The molecule has 0 fully saturated rings. The summed E-state index contributed by atoms with van der Waals surface area (Å²) in [4.78, 5) is 14.3. The number of carbonyl (C=O) groups is 1. The van der Waals surface area contributed by atoms with Crippen LogP contribution in [0.5, 0.6) is 0 Å². The van der Waals surface area contributed by atoms with Gasteiger partial charge in [-0.25, -0.2) is 9.78 Å². The summed E-state index contributed by atoms with van der Waals surface area (Å²) in [7, 11) is 0. The highest BCUT2D eigenvalue weighted by atomic mass is 79.9. The highest BCUT2D eigenvalue weighted by Gasteiger charge is 2.09. The molecule has 0 atom stereocenters. The molecule has 0 amide bonds. The van der Waals surface area contributed by atoms with E-state index in [2.05, 4.69) is 20.9 Å². The number of aromatic nitrogens is 1. The summed E-state index contributed by atoms with van der Waals surface area (Å²) in [5.41, 5.74) is 0.655. The molecule has 0 aliphatic carbocycles. The molecule has 5 heteroatoms. The van der Waals surface area contributed by atoms with Crippen LogP contribution in [0.1, 0.15) is 16.1 Å². The summed E-state index contributed by atoms with van der Waals surface area (Å²) in [6, 6.07) is 1.57. The van der Waals surface area contributed by atoms with Crippen LogP contribution < -0.4 is 0 Å². The molecule has 1 rings (SSSR count). The van der Waals surface area contributed by atoms with Gasteiger partial charge in [0.15, 0.2) is 5.69 Å². The molecule has 0 saturated carbocycles. The van der Waals surface area contributed by atoms with Gasteiger partial charge in [-0.05, 0) is 11.6 Å². The first kappa shape index (κ1) is 11.2. The molecule has 1 aromatic heterocycles. The Labute approximate surface area is 94.5 Å². The summed E-state index contributed by atoms with van der Waals surface area (Å²) in [5, 5.41) is 9.54. The van der Waals surface area contributed by atoms with Gasteiger partial charge < -0.3 is 5.11 Å². The second kappa shape index (κ2) is 5.12. The van der Waals surface area contributed by atoms with E-state index in [1.54, 1.807) is 12.1 Å². The number of aromatic carboxylic acids is 1. The quantitative estimate of drug-likeness (QED) is 0.864. The van der Waals surface area contributed by atoms with E-state index in [0.717, 1.165) is 10.9 Å². The summed E-state index contributed by atoms with van der Waals surface area (Å²) in [6.45, 7) is 0. The van der Waals surface area contributed by atoms with Gasteiger partial charge >= 0.3 is 5.97 Å². The first-order chi connectivity index (χ1) is 6.65. The molecule has 14 heavy (non-hydrogen) atoms. The van der Waals surface area contributed by atoms with E-state index >= 15 is 0 Å². The van der Waals surface area contributed by atoms with E-state index in [9.17, 15) is 4.79 Å². The van der Waals surface area contributed by atoms with Crippen molar-refractivity contribution >= 4 is 39.6 Å². The van der Waals surface area contributed by atoms with Crippen LogP contribution in [0.2, 0.25) is 5.02 Å². The van der Waals surface area contributed by atoms with Crippen LogP contribution in [0, 0.1) is 0 Å². The van der Waals surface area contributed by atoms with Gasteiger partial charge in [-0.15, -0.1) is 0 Å². The lowest BCUT2D eigenvalue weighted by Crippen LogP contribution is -2.01. The smallest absolute Gasteiger partial charge is 0.356 e. The first-order valence-corrected chi connectivity index (χ1v) is 5.26. The number of hydrogen-bond acceptors (Lipinski definition) is 2. The number of carboxylic acid groups (broad SMARTS) is 1. The van der Waals surface area contributed by atoms with Crippen molar-refractivity contribution < 1.29 is 9.90 Å². The number of alkyl halides is 1. The fraction of sp³-hybridized carbons (Fsp3) is 0.111. The first-order valence-electron chi connectivity index (χ1n) is 3.76. The monoisotopic (exact) mass is 275 g/mol. The minimum absolute atomic E-state index is 0.123. The molecule has 0 aliphatic rings. The zero-order chi connectivity index (χ0) is 10.6. The summed E-state index contributed by atoms with van der Waals surface area (Å²) in [5.74, 6) is -1.12. The summed E-state index contributed by atoms with van der Waals surface area (Å²) in [6.07, 6.45) is 5.14. The molecule has 0 aromatic carbocycles. The van der Waals surface area contributed by atoms with E-state index < -0.39 is 5.97 Å². The molecule has 0 radical (unpaired) electrons. The van der Waals surface area contributed by atoms with Crippen LogP contribution in [-0.2, 0) is 0 Å². The average Bonchev–Trinajstić information content (AvgIpc) is 2.14. The Hall–Kier alpha value is -0.870. The number of pyridine rings is 1. The maximum absolute atomic E-state index is 10.6. The van der Waals surface area contributed by atoms with E-state index in [-0.39, 0.29) is 10.7 Å². The lowest BCUT2D eigenvalue weighted by atomic mass is 10.2. The fourth-order valence-electron chi connectivity index (χ4n) is 0.882. The molecule has 0 spiro atoms. The van der Waals surface area contributed by atoms with Gasteiger partial charge in [-0.3, -0.25) is 0 Å². The predicted molar refractivity (Wildman–Crippen MR) is 59.0 cm³/mol. The molecule has 0 aliphatic heterocycles. The van der Waals surface area contributed by atoms with Gasteiger partial charge in [0.1, 0.15) is 0 Å². The number of allylic oxidation sites excluding steroid dienone is 1. The number of rotatable bonds is 3. The predicted octanol–water partition coefficient (Wildman–Crippen LogP) is 2.84. The Morgan fingerprint density at radius 3 is 2.93 bits per heavy atom. The average molecular weight is 277 g/mol. The van der Waals surface area contributed by atoms with Crippen molar-refractivity contribution in [2.75, 3.05) is 5.33 Å². The van der Waals surface area contributed by atoms with Crippen molar-refractivity contribution in [2.45, 2.75) is 0 Å². The van der Waals surface area contributed by atoms with Gasteiger partial charge in [0, 0.05) is 11.5 Å². The number of carboxylic acids is 1. The number of nitrogens with zero attached hydrogens (tertiary/aromatic N) is 1. The molecule has 0 bridgehead atoms. The minimum atomic E-state index is -1.12. The van der Waals surface area contributed by atoms with Crippen molar-refractivity contribution in [2.24, 2.45) is 0 Å². The second-order valence-electron chi connectivity index (χ2n) is 2.46. The van der Waals surface area contributed by atoms with E-state index in [1.807, 2.05) is 6.08 Å². The Kier molecular flexibility index (Phi) is 4.10. The van der Waals surface area contributed by atoms with Gasteiger partial charge in [0.2, 0.25) is 0 Å². The lowest BCUT2D eigenvalue weighted by Gasteiger charge is -1.98. The second-order valence-corrected chi connectivity index (χ2v) is 3.52. The minimum Gasteiger partial charge on any atom is -0.476 e. The Bertz CT molecular complexity index is 379. The highest BCUT2D eigenvalue weighted by molar-refractivity contribution is 9.09. The zero-order valence-corrected chi connectivity index (χ0v) is 9.42. The molecule has 0 unspecified atom stereocenters. The Morgan fingerprint density at radius 1 is 1.71 bits per heavy atom. The topological polar surface area (TPSA) is 50.2 Å². The summed E-state index contributed by atoms with van der Waals surface area (Å²) >= 11 is 8.94. The van der Waals surface area contributed by atoms with Crippen molar-refractivity contribution in [1.29, 1.82) is 0 Å². The van der Waals surface area contributed by atoms with Crippen LogP contribution in [0.3, 0.4) is 0 Å². The van der Waals surface area contributed by atoms with Gasteiger partial charge in [0.25, 0.3) is 0 Å². The molecule has 1 N–H and O–H groups in total. The van der Waals surface area contributed by atoms with Crippen molar-refractivity contribution in [3.63, 3.8) is 0 Å². The van der Waals surface area contributed by atoms with Crippen molar-refractivity contribution in [3.05, 3.63) is 34.6 Å². The van der Waals surface area contributed by atoms with Gasteiger partial charge in [-0.1, -0.05) is 39.7 Å². The molecule has 74 valence electrons. The largest absolute Gasteiger partial charge is 0.476 e. The van der Waals surface area contributed by atoms with Crippen LogP contribution in [0.25, 0.3) is 6.08 Å². The van der Waals surface area contributed by atoms with Crippen molar-refractivity contribution in [1.82, 2.24) is 4.98 Å². The third kappa shape index (κ3) is 2.82. The maximum Gasteiger partial charge on any atom is 0.356 e. The van der Waals surface area contributed by atoms with E-state index in [0.29, 0.717) is 0 Å². The SMILES string of the molecule is O=C(O)c1ncc(C=CCBr)cc1Cl. The molecule has 1 aromatic rings. The maximum atomic E-state index is 10.6. The van der Waals surface area contributed by atoms with Gasteiger partial charge in [-0.2, -0.15) is 0 Å². The van der Waals surface area contributed by atoms with Crippen LogP contribution in [-0.4, -0.2) is 21.4 Å². The standard InChI is InChI=1S/C9H7BrClNO2/c10-3-1-2-6-4-7(11)8(9(13)14)12-5-6/h1-2,4-5H,3H2,(H,13,14). The molecule has 1 heterocycles. The van der Waals surface area contributed by atoms with E-state index in [4.69, 9.17) is 16.7 Å². The van der Waals surface area contributed by atoms with Crippen LogP contribution in [0.4, 0.5) is 0 Å². The lowest BCUT2D eigenvalue weighted by molar-refractivity contribution is 0.0690. The molecule has 0 saturated heterocycles. The van der Waals surface area contributed by atoms with Crippen LogP contribution in [0.15, 0.2) is 18.3 Å². The Balaban J connectivity index is 3.00. The molecular weight excluding hydrogens is 269 g/mol. The third-order valence-corrected chi connectivity index (χ3v) is 2.13. The molecule has 3 nitrogen and oxygen atoms in total. The third-order valence-electron chi connectivity index (χ3n) is 1.46. The normalized spacial score (nSPS) is 10.7. The summed E-state index contributed by atoms with van der Waals surface area (Å²) < 4.78 is 0. The van der Waals surface area contributed by atoms with Crippen LogP contribution >= 0.6 is 27.5 Å². The Morgan fingerprint density at radius 2 is 2.43 bits per heavy atom.